The van der Waals surface area contributed by atoms with Crippen molar-refractivity contribution in [3.63, 3.8) is 0 Å². The van der Waals surface area contributed by atoms with E-state index in [0.29, 0.717) is 9.87 Å². The maximum Gasteiger partial charge on any atom is 0.361 e. The molecule has 140 valence electrons. The first kappa shape index (κ1) is 18.9. The summed E-state index contributed by atoms with van der Waals surface area (Å²) in [4.78, 5) is 12.5. The molecule has 0 radical (unpaired) electrons. The zero-order chi connectivity index (χ0) is 19.6. The van der Waals surface area contributed by atoms with Crippen molar-refractivity contribution >= 4 is 32.7 Å². The van der Waals surface area contributed by atoms with Crippen LogP contribution in [0.3, 0.4) is 0 Å². The lowest BCUT2D eigenvalue weighted by Gasteiger charge is -2.29. The van der Waals surface area contributed by atoms with E-state index in [1.54, 1.807) is 30.3 Å². The molecule has 0 bridgehead atoms. The number of rotatable bonds is 5. The number of aryl methyl sites for hydroxylation is 1. The second-order valence-corrected chi connectivity index (χ2v) is 7.43. The van der Waals surface area contributed by atoms with E-state index in [1.807, 2.05) is 31.2 Å². The predicted molar refractivity (Wildman–Crippen MR) is 104 cm³/mol. The maximum absolute atomic E-state index is 12.5. The Labute approximate surface area is 157 Å². The molecule has 0 amide bonds. The van der Waals surface area contributed by atoms with Crippen molar-refractivity contribution in [1.82, 2.24) is 0 Å². The van der Waals surface area contributed by atoms with Crippen LogP contribution in [0.2, 0.25) is 0 Å². The molecule has 1 atom stereocenters. The van der Waals surface area contributed by atoms with Crippen molar-refractivity contribution in [3.05, 3.63) is 77.9 Å². The molecule has 3 rings (SSSR count). The molecule has 0 saturated heterocycles. The highest BCUT2D eigenvalue weighted by Gasteiger charge is 2.36. The topological polar surface area (TPSA) is 83.9 Å². The van der Waals surface area contributed by atoms with Gasteiger partial charge >= 0.3 is 16.3 Å². The van der Waals surface area contributed by atoms with Crippen LogP contribution in [0.25, 0.3) is 10.8 Å². The molecule has 3 aromatic carbocycles. The molecule has 0 aromatic heterocycles. The quantitative estimate of drug-likeness (QED) is 0.535. The van der Waals surface area contributed by atoms with Crippen molar-refractivity contribution in [3.8, 4) is 0 Å². The lowest BCUT2D eigenvalue weighted by Crippen LogP contribution is -2.39. The first-order chi connectivity index (χ1) is 12.8. The normalized spacial score (nSPS) is 12.6. The summed E-state index contributed by atoms with van der Waals surface area (Å²) in [7, 11) is -3.58. The van der Waals surface area contributed by atoms with Crippen molar-refractivity contribution < 1.29 is 22.5 Å². The number of carbonyl (C=O) groups is 1. The highest BCUT2D eigenvalue weighted by molar-refractivity contribution is 7.87. The third-order valence-corrected chi connectivity index (χ3v) is 5.20. The number of hydrogen-bond acceptors (Lipinski definition) is 4. The Morgan fingerprint density at radius 3 is 2.22 bits per heavy atom. The smallest absolute Gasteiger partial charge is 0.361 e. The van der Waals surface area contributed by atoms with Crippen LogP contribution < -0.4 is 4.31 Å². The van der Waals surface area contributed by atoms with Gasteiger partial charge in [0.05, 0.1) is 12.8 Å². The molecular weight excluding hydrogens is 366 g/mol. The zero-order valence-corrected chi connectivity index (χ0v) is 15.7. The fourth-order valence-corrected chi connectivity index (χ4v) is 3.83. The number of ether oxygens (including phenoxy) is 1. The van der Waals surface area contributed by atoms with Crippen LogP contribution in [0.15, 0.2) is 66.7 Å². The van der Waals surface area contributed by atoms with Crippen molar-refractivity contribution in [2.24, 2.45) is 0 Å². The zero-order valence-electron chi connectivity index (χ0n) is 14.9. The molecule has 6 nitrogen and oxygen atoms in total. The molecule has 0 heterocycles. The van der Waals surface area contributed by atoms with Crippen molar-refractivity contribution in [1.29, 1.82) is 0 Å². The number of esters is 1. The van der Waals surface area contributed by atoms with E-state index in [2.05, 4.69) is 0 Å². The van der Waals surface area contributed by atoms with Crippen LogP contribution in [-0.4, -0.2) is 26.0 Å². The lowest BCUT2D eigenvalue weighted by molar-refractivity contribution is -0.142. The van der Waals surface area contributed by atoms with Crippen LogP contribution in [0, 0.1) is 6.92 Å². The van der Waals surface area contributed by atoms with E-state index in [9.17, 15) is 17.8 Å². The molecule has 27 heavy (non-hydrogen) atoms. The average molecular weight is 385 g/mol. The van der Waals surface area contributed by atoms with E-state index < -0.39 is 22.3 Å². The van der Waals surface area contributed by atoms with E-state index in [0.717, 1.165) is 16.3 Å². The fraction of sp³-hybridized carbons (Fsp3) is 0.150. The minimum atomic E-state index is -4.75. The van der Waals surface area contributed by atoms with Gasteiger partial charge < -0.3 is 4.74 Å². The number of hydrogen-bond donors (Lipinski definition) is 1. The molecule has 0 spiro atoms. The van der Waals surface area contributed by atoms with Gasteiger partial charge in [0.15, 0.2) is 6.04 Å². The molecule has 0 aliphatic carbocycles. The number of methoxy groups -OCH3 is 1. The summed E-state index contributed by atoms with van der Waals surface area (Å²) in [6, 6.07) is 17.7. The van der Waals surface area contributed by atoms with Gasteiger partial charge in [0, 0.05) is 0 Å². The number of benzene rings is 3. The summed E-state index contributed by atoms with van der Waals surface area (Å²) in [6.07, 6.45) is 0. The highest BCUT2D eigenvalue weighted by atomic mass is 32.2. The summed E-state index contributed by atoms with van der Waals surface area (Å²) in [5, 5.41) is 1.78. The minimum absolute atomic E-state index is 0.159. The molecule has 3 aromatic rings. The largest absolute Gasteiger partial charge is 0.467 e. The number of nitrogens with zero attached hydrogens (tertiary/aromatic N) is 1. The van der Waals surface area contributed by atoms with Crippen LogP contribution in [0.1, 0.15) is 17.2 Å². The maximum atomic E-state index is 12.5. The highest BCUT2D eigenvalue weighted by Crippen LogP contribution is 2.32. The molecular formula is C20H19NO5S. The molecule has 0 saturated carbocycles. The average Bonchev–Trinajstić information content (AvgIpc) is 2.65. The Bertz CT molecular complexity index is 1080. The second-order valence-electron chi connectivity index (χ2n) is 6.14. The molecule has 0 aliphatic rings. The van der Waals surface area contributed by atoms with E-state index >= 15 is 0 Å². The number of fused-ring (bicyclic) bond motifs is 1. The van der Waals surface area contributed by atoms with Crippen molar-refractivity contribution in [2.45, 2.75) is 13.0 Å². The number of carbonyl (C=O) groups excluding carboxylic acids is 1. The Balaban J connectivity index is 2.21. The van der Waals surface area contributed by atoms with E-state index in [-0.39, 0.29) is 5.69 Å². The van der Waals surface area contributed by atoms with Gasteiger partial charge in [-0.05, 0) is 41.5 Å². The van der Waals surface area contributed by atoms with Gasteiger partial charge in [0.1, 0.15) is 0 Å². The first-order valence-electron chi connectivity index (χ1n) is 8.21. The van der Waals surface area contributed by atoms with Crippen LogP contribution in [0.5, 0.6) is 0 Å². The van der Waals surface area contributed by atoms with E-state index in [1.165, 1.54) is 19.2 Å². The Morgan fingerprint density at radius 2 is 1.63 bits per heavy atom. The van der Waals surface area contributed by atoms with Gasteiger partial charge in [-0.3, -0.25) is 4.55 Å². The molecule has 7 heteroatoms. The lowest BCUT2D eigenvalue weighted by atomic mass is 10.0. The number of anilines is 1. The third-order valence-electron chi connectivity index (χ3n) is 4.29. The molecule has 1 N–H and O–H groups in total. The van der Waals surface area contributed by atoms with Gasteiger partial charge in [-0.15, -0.1) is 0 Å². The third kappa shape index (κ3) is 3.94. The van der Waals surface area contributed by atoms with Crippen LogP contribution >= 0.6 is 0 Å². The summed E-state index contributed by atoms with van der Waals surface area (Å²) in [6.45, 7) is 1.85. The molecule has 0 aliphatic heterocycles. The standard InChI is InChI=1S/C20H19NO5S/c1-14-7-11-18(12-8-14)21(27(23,24)25)19(20(22)26-2)17-10-9-15-5-3-4-6-16(15)13-17/h3-13,19H,1-2H3,(H,23,24,25). The van der Waals surface area contributed by atoms with Crippen LogP contribution in [-0.2, 0) is 19.8 Å². The van der Waals surface area contributed by atoms with Crippen molar-refractivity contribution in [2.75, 3.05) is 11.4 Å². The monoisotopic (exact) mass is 385 g/mol. The van der Waals surface area contributed by atoms with Gasteiger partial charge in [0.2, 0.25) is 0 Å². The van der Waals surface area contributed by atoms with Gasteiger partial charge in [-0.2, -0.15) is 8.42 Å². The first-order valence-corrected chi connectivity index (χ1v) is 9.61. The Hall–Kier alpha value is -2.90. The SMILES string of the molecule is COC(=O)C(c1ccc2ccccc2c1)N(c1ccc(C)cc1)S(=O)(=O)O. The fourth-order valence-electron chi connectivity index (χ4n) is 2.96. The van der Waals surface area contributed by atoms with Gasteiger partial charge in [0.25, 0.3) is 0 Å². The molecule has 0 fully saturated rings. The predicted octanol–water partition coefficient (Wildman–Crippen LogP) is 3.67. The minimum Gasteiger partial charge on any atom is -0.467 e. The summed E-state index contributed by atoms with van der Waals surface area (Å²) in [5.74, 6) is -0.802. The van der Waals surface area contributed by atoms with Gasteiger partial charge in [-0.25, -0.2) is 9.10 Å². The summed E-state index contributed by atoms with van der Waals surface area (Å²) in [5.41, 5.74) is 1.46. The van der Waals surface area contributed by atoms with Gasteiger partial charge in [-0.1, -0.05) is 54.1 Å². The summed E-state index contributed by atoms with van der Waals surface area (Å²) >= 11 is 0. The Kier molecular flexibility index (Phi) is 5.16. The summed E-state index contributed by atoms with van der Waals surface area (Å²) < 4.78 is 39.8. The Morgan fingerprint density at radius 1 is 1.00 bits per heavy atom. The van der Waals surface area contributed by atoms with E-state index in [4.69, 9.17) is 4.74 Å². The molecule has 1 unspecified atom stereocenters. The van der Waals surface area contributed by atoms with Crippen LogP contribution in [0.4, 0.5) is 5.69 Å². The second kappa shape index (κ2) is 7.38.